The van der Waals surface area contributed by atoms with Gasteiger partial charge >= 0.3 is 36.5 Å². The molecule has 0 saturated heterocycles. The van der Waals surface area contributed by atoms with Gasteiger partial charge in [0, 0.05) is 0 Å². The van der Waals surface area contributed by atoms with E-state index >= 15 is 0 Å². The fraction of sp³-hybridized carbons (Fsp3) is 0. The molecule has 0 unspecified atom stereocenters. The molecule has 3 heteroatoms. The molecule has 0 atom stereocenters. The number of halogens is 1. The fourth-order valence-electron chi connectivity index (χ4n) is 0. The first-order chi connectivity index (χ1) is 1.91. The van der Waals surface area contributed by atoms with Crippen LogP contribution in [0.1, 0.15) is 0 Å². The molecular formula is CFHgN. The van der Waals surface area contributed by atoms with Gasteiger partial charge in [0.15, 0.2) is 0 Å². The van der Waals surface area contributed by atoms with Crippen LogP contribution in [-0.4, -0.2) is 0 Å². The molecular weight excluding hydrogens is 246 g/mol. The van der Waals surface area contributed by atoms with Crippen LogP contribution in [0.4, 0.5) is 2.47 Å². The Morgan fingerprint density at radius 3 is 2.25 bits per heavy atom. The molecule has 0 bridgehead atoms. The molecule has 0 aromatic rings. The van der Waals surface area contributed by atoms with Crippen LogP contribution in [0.5, 0.6) is 0 Å². The Morgan fingerprint density at radius 1 is 2.00 bits per heavy atom. The second kappa shape index (κ2) is 3.36. The Labute approximate surface area is 36.8 Å². The molecule has 0 aliphatic rings. The van der Waals surface area contributed by atoms with E-state index in [1.165, 1.54) is 3.58 Å². The Morgan fingerprint density at radius 2 is 2.25 bits per heavy atom. The summed E-state index contributed by atoms with van der Waals surface area (Å²) in [6.45, 7) is 0. The van der Waals surface area contributed by atoms with Crippen molar-refractivity contribution < 1.29 is 27.7 Å². The minimum absolute atomic E-state index is 1.49. The summed E-state index contributed by atoms with van der Waals surface area (Å²) >= 11 is -2.31. The van der Waals surface area contributed by atoms with Gasteiger partial charge < -0.3 is 0 Å². The van der Waals surface area contributed by atoms with Crippen LogP contribution >= 0.6 is 0 Å². The summed E-state index contributed by atoms with van der Waals surface area (Å²) < 4.78 is 12.1. The van der Waals surface area contributed by atoms with E-state index < -0.39 is 25.2 Å². The van der Waals surface area contributed by atoms with Crippen molar-refractivity contribution in [3.8, 4) is 3.58 Å². The standard InChI is InChI=1S/CN.FH.Hg/c1-2;;/h;1H;/q;;+1/p-1. The maximum atomic E-state index is 10.6. The number of nitriles is 1. The van der Waals surface area contributed by atoms with E-state index in [1.54, 1.807) is 0 Å². The normalized spacial score (nSPS) is 3.00. The van der Waals surface area contributed by atoms with E-state index in [0.29, 0.717) is 0 Å². The van der Waals surface area contributed by atoms with Gasteiger partial charge in [-0.25, -0.2) is 0 Å². The molecule has 18 valence electrons. The summed E-state index contributed by atoms with van der Waals surface area (Å²) in [4.78, 5) is 0. The van der Waals surface area contributed by atoms with Gasteiger partial charge in [0.1, 0.15) is 0 Å². The Balaban J connectivity index is 2.43. The Hall–Kier alpha value is 0.355. The summed E-state index contributed by atoms with van der Waals surface area (Å²) in [5, 5.41) is 7.35. The van der Waals surface area contributed by atoms with Crippen LogP contribution in [0, 0.1) is 8.84 Å². The molecule has 0 N–H and O–H groups in total. The average molecular weight is 246 g/mol. The molecule has 0 spiro atoms. The minimum atomic E-state index is -2.31. The van der Waals surface area contributed by atoms with Gasteiger partial charge in [-0.3, -0.25) is 0 Å². The van der Waals surface area contributed by atoms with Crippen LogP contribution in [0.25, 0.3) is 0 Å². The maximum absolute atomic E-state index is 10.6. The third-order valence-electron chi connectivity index (χ3n) is 0.0598. The van der Waals surface area contributed by atoms with E-state index in [-0.39, 0.29) is 0 Å². The predicted octanol–water partition coefficient (Wildman–Crippen LogP) is 0.434. The molecule has 0 aromatic heterocycles. The molecule has 0 aliphatic carbocycles. The summed E-state index contributed by atoms with van der Waals surface area (Å²) in [5.74, 6) is 0. The SMILES string of the molecule is N#[C][Hg][F]. The van der Waals surface area contributed by atoms with Gasteiger partial charge in [0.2, 0.25) is 0 Å². The number of nitrogens with zero attached hydrogens (tertiary/aromatic N) is 1. The van der Waals surface area contributed by atoms with Crippen molar-refractivity contribution >= 4 is 0 Å². The van der Waals surface area contributed by atoms with E-state index in [1.807, 2.05) is 0 Å². The molecule has 0 saturated carbocycles. The van der Waals surface area contributed by atoms with Crippen molar-refractivity contribution in [2.24, 2.45) is 0 Å². The monoisotopic (exact) mass is 247 g/mol. The van der Waals surface area contributed by atoms with E-state index in [0.717, 1.165) is 0 Å². The molecule has 0 fully saturated rings. The number of hydrogen-bond acceptors (Lipinski definition) is 1. The van der Waals surface area contributed by atoms with E-state index in [2.05, 4.69) is 0 Å². The zero-order valence-electron chi connectivity index (χ0n) is 2.03. The molecule has 0 aliphatic heterocycles. The van der Waals surface area contributed by atoms with Crippen molar-refractivity contribution in [2.45, 2.75) is 0 Å². The predicted molar refractivity (Wildman–Crippen MR) is 6.72 cm³/mol. The Kier molecular flexibility index (Phi) is 3.65. The van der Waals surface area contributed by atoms with E-state index in [4.69, 9.17) is 5.26 Å². The molecule has 4 heavy (non-hydrogen) atoms. The summed E-state index contributed by atoms with van der Waals surface area (Å²) in [5.41, 5.74) is 0. The van der Waals surface area contributed by atoms with Crippen molar-refractivity contribution in [1.82, 2.24) is 0 Å². The molecule has 1 nitrogen and oxygen atoms in total. The van der Waals surface area contributed by atoms with E-state index in [9.17, 15) is 2.47 Å². The van der Waals surface area contributed by atoms with Crippen LogP contribution in [0.15, 0.2) is 0 Å². The zero-order valence-corrected chi connectivity index (χ0v) is 7.53. The number of rotatable bonds is 0. The van der Waals surface area contributed by atoms with Gasteiger partial charge in [0.05, 0.1) is 0 Å². The van der Waals surface area contributed by atoms with Gasteiger partial charge in [0.25, 0.3) is 0 Å². The van der Waals surface area contributed by atoms with Crippen LogP contribution in [0.2, 0.25) is 0 Å². The quantitative estimate of drug-likeness (QED) is 0.568. The first-order valence-corrected chi connectivity index (χ1v) is 5.67. The van der Waals surface area contributed by atoms with Crippen molar-refractivity contribution in [3.63, 3.8) is 0 Å². The third kappa shape index (κ3) is 2.36. The fourth-order valence-corrected chi connectivity index (χ4v) is 0. The topological polar surface area (TPSA) is 23.8 Å². The zero-order chi connectivity index (χ0) is 3.41. The summed E-state index contributed by atoms with van der Waals surface area (Å²) in [7, 11) is 0. The molecule has 0 aromatic carbocycles. The van der Waals surface area contributed by atoms with Crippen molar-refractivity contribution in [2.75, 3.05) is 0 Å². The second-order valence-corrected chi connectivity index (χ2v) is 2.56. The first-order valence-electron chi connectivity index (χ1n) is 0.844. The number of hydrogen-bond donors (Lipinski definition) is 0. The van der Waals surface area contributed by atoms with Crippen molar-refractivity contribution in [1.29, 1.82) is 5.26 Å². The first kappa shape index (κ1) is 4.36. The van der Waals surface area contributed by atoms with Crippen molar-refractivity contribution in [3.05, 3.63) is 0 Å². The van der Waals surface area contributed by atoms with Crippen LogP contribution in [-0.2, 0) is 25.2 Å². The van der Waals surface area contributed by atoms with Crippen LogP contribution in [0.3, 0.4) is 0 Å². The summed E-state index contributed by atoms with van der Waals surface area (Å²) in [6, 6.07) is 0. The molecule has 0 rings (SSSR count). The van der Waals surface area contributed by atoms with Crippen LogP contribution < -0.4 is 0 Å². The van der Waals surface area contributed by atoms with Gasteiger partial charge in [-0.2, -0.15) is 0 Å². The van der Waals surface area contributed by atoms with Gasteiger partial charge in [-0.15, -0.1) is 0 Å². The summed E-state index contributed by atoms with van der Waals surface area (Å²) in [6.07, 6.45) is 0. The molecule has 0 heterocycles. The third-order valence-corrected chi connectivity index (χ3v) is 0.524. The molecule has 0 radical (unpaired) electrons. The van der Waals surface area contributed by atoms with Gasteiger partial charge in [-0.1, -0.05) is 0 Å². The second-order valence-electron chi connectivity index (χ2n) is 0.292. The van der Waals surface area contributed by atoms with Gasteiger partial charge in [-0.05, 0) is 0 Å². The Bertz CT molecular complexity index is 37.8. The average Bonchev–Trinajstić information content (AvgIpc) is 1.37. The molecule has 0 amide bonds.